The van der Waals surface area contributed by atoms with E-state index >= 15 is 0 Å². The van der Waals surface area contributed by atoms with Crippen LogP contribution < -0.4 is 26.6 Å². The highest BCUT2D eigenvalue weighted by atomic mass is 127. The van der Waals surface area contributed by atoms with Crippen LogP contribution in [0.25, 0.3) is 11.2 Å². The van der Waals surface area contributed by atoms with E-state index in [4.69, 9.17) is 13.6 Å². The molecule has 0 bridgehead atoms. The molecule has 0 spiro atoms. The van der Waals surface area contributed by atoms with Gasteiger partial charge in [0.05, 0.1) is 10.8 Å². The third-order valence-electron chi connectivity index (χ3n) is 9.72. The first-order valence-corrected chi connectivity index (χ1v) is 24.2. The van der Waals surface area contributed by atoms with Crippen molar-refractivity contribution < 1.29 is 32.8 Å². The molecule has 284 valence electrons. The van der Waals surface area contributed by atoms with Gasteiger partial charge >= 0.3 is 18.1 Å². The molecular weight excluding hydrogens is 817 g/mol. The predicted molar refractivity (Wildman–Crippen MR) is 211 cm³/mol. The molecule has 1 aliphatic heterocycles. The first kappa shape index (κ1) is 41.3. The second-order valence-corrected chi connectivity index (χ2v) is 25.9. The summed E-state index contributed by atoms with van der Waals surface area (Å²) in [5.41, 5.74) is 1.32. The third kappa shape index (κ3) is 9.92. The van der Waals surface area contributed by atoms with E-state index in [1.807, 2.05) is 40.8 Å². The Hall–Kier alpha value is -3.51. The molecule has 1 fully saturated rings. The van der Waals surface area contributed by atoms with E-state index in [9.17, 15) is 19.2 Å². The van der Waals surface area contributed by atoms with Gasteiger partial charge in [-0.1, -0.05) is 82.3 Å². The summed E-state index contributed by atoms with van der Waals surface area (Å²) in [6, 6.07) is 6.75. The van der Waals surface area contributed by atoms with Crippen LogP contribution in [0, 0.1) is 0 Å². The minimum Gasteiger partial charge on any atom is -0.408 e. The number of para-hydroxylation sites is 1. The van der Waals surface area contributed by atoms with Crippen molar-refractivity contribution in [2.45, 2.75) is 102 Å². The number of halogens is 1. The number of carbonyl (C=O) groups excluding carboxylic acids is 4. The Bertz CT molecular complexity index is 1760. The van der Waals surface area contributed by atoms with E-state index in [-0.39, 0.29) is 26.9 Å². The number of amides is 7. The summed E-state index contributed by atoms with van der Waals surface area (Å²) >= 11 is 1.81. The number of anilines is 2. The van der Waals surface area contributed by atoms with Gasteiger partial charge in [-0.05, 0) is 48.4 Å². The van der Waals surface area contributed by atoms with Gasteiger partial charge in [0.15, 0.2) is 39.8 Å². The maximum atomic E-state index is 12.9. The second kappa shape index (κ2) is 16.2. The number of fused-ring (bicyclic) bond motifs is 1. The van der Waals surface area contributed by atoms with Gasteiger partial charge in [0, 0.05) is 12.2 Å². The molecule has 0 aliphatic carbocycles. The molecule has 0 radical (unpaired) electrons. The van der Waals surface area contributed by atoms with Gasteiger partial charge in [0.2, 0.25) is 5.91 Å². The van der Waals surface area contributed by atoms with E-state index in [1.165, 1.54) is 6.33 Å². The minimum absolute atomic E-state index is 0.0540. The van der Waals surface area contributed by atoms with Crippen LogP contribution in [0.1, 0.15) is 47.8 Å². The minimum atomic E-state index is -2.50. The Balaban J connectivity index is 1.72. The fourth-order valence-corrected chi connectivity index (χ4v) is 7.65. The number of urea groups is 3. The summed E-state index contributed by atoms with van der Waals surface area (Å²) in [7, 11) is -4.99. The number of benzene rings is 1. The zero-order chi connectivity index (χ0) is 38.6. The van der Waals surface area contributed by atoms with Crippen LogP contribution in [0.2, 0.25) is 36.3 Å². The van der Waals surface area contributed by atoms with E-state index < -0.39 is 65.2 Å². The molecule has 16 nitrogen and oxygen atoms in total. The van der Waals surface area contributed by atoms with Crippen LogP contribution in [-0.4, -0.2) is 89.4 Å². The lowest BCUT2D eigenvalue weighted by Crippen LogP contribution is -2.55. The highest BCUT2D eigenvalue weighted by Gasteiger charge is 2.54. The van der Waals surface area contributed by atoms with Crippen molar-refractivity contribution in [1.82, 2.24) is 35.5 Å². The van der Waals surface area contributed by atoms with Crippen molar-refractivity contribution in [2.24, 2.45) is 0 Å². The number of carbonyl (C=O) groups is 4. The predicted octanol–water partition coefficient (Wildman–Crippen LogP) is 6.12. The molecular formula is C33H50IN9O7Si2. The number of rotatable bonds is 10. The van der Waals surface area contributed by atoms with Gasteiger partial charge in [-0.3, -0.25) is 25.3 Å². The lowest BCUT2D eigenvalue weighted by molar-refractivity contribution is -0.117. The maximum absolute atomic E-state index is 12.9. The molecule has 0 saturated carbocycles. The van der Waals surface area contributed by atoms with Crippen molar-refractivity contribution in [2.75, 3.05) is 21.6 Å². The molecule has 3 aromatic rings. The van der Waals surface area contributed by atoms with Crippen molar-refractivity contribution >= 4 is 85.9 Å². The number of hydrogen-bond donors (Lipinski definition) is 5. The molecule has 52 heavy (non-hydrogen) atoms. The Morgan fingerprint density at radius 2 is 1.44 bits per heavy atom. The molecule has 1 saturated heterocycles. The summed E-state index contributed by atoms with van der Waals surface area (Å²) in [6.45, 7) is 21.3. The molecule has 1 unspecified atom stereocenters. The van der Waals surface area contributed by atoms with Crippen LogP contribution in [-0.2, 0) is 18.4 Å². The fourth-order valence-electron chi connectivity index (χ4n) is 4.85. The molecule has 3 heterocycles. The van der Waals surface area contributed by atoms with Crippen molar-refractivity contribution in [3.05, 3.63) is 43.0 Å². The van der Waals surface area contributed by atoms with Crippen LogP contribution in [0.5, 0.6) is 0 Å². The summed E-state index contributed by atoms with van der Waals surface area (Å²) in [4.78, 5) is 62.9. The van der Waals surface area contributed by atoms with Gasteiger partial charge in [0.25, 0.3) is 0 Å². The summed E-state index contributed by atoms with van der Waals surface area (Å²) in [5.74, 6) is -0.340. The van der Waals surface area contributed by atoms with Crippen molar-refractivity contribution in [3.8, 4) is 0 Å². The summed E-state index contributed by atoms with van der Waals surface area (Å²) in [6.07, 6.45) is -0.0190. The number of hydrogen-bond acceptors (Lipinski definition) is 10. The number of imidazole rings is 1. The molecule has 5 N–H and O–H groups in total. The smallest absolute Gasteiger partial charge is 0.329 e. The van der Waals surface area contributed by atoms with Crippen LogP contribution in [0.15, 0.2) is 43.0 Å². The monoisotopic (exact) mass is 867 g/mol. The molecule has 1 aromatic carbocycles. The SMILES string of the molecule is CC(C)(C)[Si](C)(C)OC1[C@@H](O[Si](C)(C)C(C)(C)C)[C@@H](CNC(=O)NC(=O)NC(=O)CI)O[C@H]1n1cnc2c(NC(=O)Nc3ccccc3)ncnc21. The largest absolute Gasteiger partial charge is 0.408 e. The Morgan fingerprint density at radius 3 is 2.04 bits per heavy atom. The molecule has 7 amide bonds. The number of alkyl halides is 1. The lowest BCUT2D eigenvalue weighted by Gasteiger charge is -2.44. The van der Waals surface area contributed by atoms with E-state index in [0.717, 1.165) is 0 Å². The van der Waals surface area contributed by atoms with Gasteiger partial charge in [-0.25, -0.2) is 29.3 Å². The first-order valence-electron chi connectivity index (χ1n) is 16.9. The van der Waals surface area contributed by atoms with Crippen molar-refractivity contribution in [1.29, 1.82) is 0 Å². The average Bonchev–Trinajstić information content (AvgIpc) is 3.60. The highest BCUT2D eigenvalue weighted by molar-refractivity contribution is 14.1. The Labute approximate surface area is 319 Å². The van der Waals surface area contributed by atoms with Crippen LogP contribution in [0.4, 0.5) is 25.9 Å². The molecule has 19 heteroatoms. The van der Waals surface area contributed by atoms with Gasteiger partial charge in [0.1, 0.15) is 24.6 Å². The number of aromatic nitrogens is 4. The number of imide groups is 2. The Morgan fingerprint density at radius 1 is 0.827 bits per heavy atom. The standard InChI is InChI=1S/C33H50IN9O7Si2/c1-32(2,3)51(7,8)49-24-21(17-35-29(45)42-31(47)40-22(44)16-34)48-28(25(24)50-52(9,10)33(4,5)6)43-19-38-23-26(36-18-37-27(23)43)41-30(46)39-20-14-12-11-13-15-20/h11-15,18-19,21,24-25,28H,16-17H2,1-10H3,(H2,36,37,39,41,46)(H3,35,40,42,44,45,47)/t21-,24+,25?,28-/m1/s1. The van der Waals surface area contributed by atoms with Crippen LogP contribution >= 0.6 is 22.6 Å². The highest BCUT2D eigenvalue weighted by Crippen LogP contribution is 2.46. The Kier molecular flexibility index (Phi) is 12.9. The first-order chi connectivity index (χ1) is 24.1. The van der Waals surface area contributed by atoms with E-state index in [0.29, 0.717) is 16.9 Å². The second-order valence-electron chi connectivity index (χ2n) is 15.6. The number of nitrogens with zero attached hydrogens (tertiary/aromatic N) is 4. The van der Waals surface area contributed by atoms with Gasteiger partial charge in [-0.2, -0.15) is 0 Å². The molecule has 4 atom stereocenters. The summed E-state index contributed by atoms with van der Waals surface area (Å²) in [5, 5.41) is 12.1. The summed E-state index contributed by atoms with van der Waals surface area (Å²) < 4.78 is 22.8. The third-order valence-corrected chi connectivity index (χ3v) is 19.4. The molecule has 2 aromatic heterocycles. The maximum Gasteiger partial charge on any atom is 0.329 e. The van der Waals surface area contributed by atoms with E-state index in [1.54, 1.807) is 23.0 Å². The topological polar surface area (TPSA) is 200 Å². The fraction of sp³-hybridized carbons (Fsp3) is 0.545. The average molecular weight is 868 g/mol. The van der Waals surface area contributed by atoms with Crippen molar-refractivity contribution in [3.63, 3.8) is 0 Å². The van der Waals surface area contributed by atoms with Gasteiger partial charge < -0.3 is 24.2 Å². The molecule has 4 rings (SSSR count). The quantitative estimate of drug-likeness (QED) is 0.0899. The lowest BCUT2D eigenvalue weighted by atomic mass is 10.1. The normalized spacial score (nSPS) is 19.6. The number of nitrogens with one attached hydrogen (secondary N) is 5. The molecule has 1 aliphatic rings. The van der Waals surface area contributed by atoms with E-state index in [2.05, 4.69) is 109 Å². The zero-order valence-electron chi connectivity index (χ0n) is 31.3. The zero-order valence-corrected chi connectivity index (χ0v) is 35.4. The van der Waals surface area contributed by atoms with Crippen LogP contribution in [0.3, 0.4) is 0 Å². The number of ether oxygens (including phenoxy) is 1. The van der Waals surface area contributed by atoms with Gasteiger partial charge in [-0.15, -0.1) is 0 Å².